The summed E-state index contributed by atoms with van der Waals surface area (Å²) in [6.07, 6.45) is 3.99. The maximum absolute atomic E-state index is 13.2. The lowest BCUT2D eigenvalue weighted by atomic mass is 9.99. The maximum atomic E-state index is 13.2. The number of pyridine rings is 1. The van der Waals surface area contributed by atoms with Crippen molar-refractivity contribution in [3.05, 3.63) is 63.6 Å². The van der Waals surface area contributed by atoms with Crippen molar-refractivity contribution < 1.29 is 4.39 Å². The van der Waals surface area contributed by atoms with E-state index in [0.717, 1.165) is 11.1 Å². The molecule has 0 saturated carbocycles. The molecule has 19 heavy (non-hydrogen) atoms. The third-order valence-corrected chi connectivity index (χ3v) is 3.60. The molecule has 2 nitrogen and oxygen atoms in total. The van der Waals surface area contributed by atoms with E-state index >= 15 is 0 Å². The second kappa shape index (κ2) is 6.33. The molecular weight excluding hydrogens is 286 g/mol. The number of hydrogen-bond donors (Lipinski definition) is 1. The number of nitrogens with zero attached hydrogens (tertiary/aromatic N) is 1. The summed E-state index contributed by atoms with van der Waals surface area (Å²) in [5.74, 6) is -0.415. The van der Waals surface area contributed by atoms with Crippen LogP contribution in [0, 0.1) is 5.82 Å². The second-order valence-corrected chi connectivity index (χ2v) is 5.00. The summed E-state index contributed by atoms with van der Waals surface area (Å²) in [5.41, 5.74) is 1.90. The maximum Gasteiger partial charge on any atom is 0.141 e. The predicted molar refractivity (Wildman–Crippen MR) is 76.2 cm³/mol. The molecule has 0 amide bonds. The van der Waals surface area contributed by atoms with Gasteiger partial charge >= 0.3 is 0 Å². The Labute approximate surface area is 121 Å². The predicted octanol–water partition coefficient (Wildman–Crippen LogP) is 4.03. The Morgan fingerprint density at radius 1 is 1.26 bits per heavy atom. The summed E-state index contributed by atoms with van der Waals surface area (Å²) in [4.78, 5) is 3.95. The summed E-state index contributed by atoms with van der Waals surface area (Å²) in [7, 11) is 1.84. The van der Waals surface area contributed by atoms with Crippen LogP contribution in [-0.4, -0.2) is 12.0 Å². The lowest BCUT2D eigenvalue weighted by Crippen LogP contribution is -2.19. The van der Waals surface area contributed by atoms with Gasteiger partial charge in [0.25, 0.3) is 0 Å². The number of aromatic nitrogens is 1. The highest BCUT2D eigenvalue weighted by Crippen LogP contribution is 2.25. The summed E-state index contributed by atoms with van der Waals surface area (Å²) in [6.45, 7) is 0. The molecule has 0 aliphatic carbocycles. The molecule has 2 aromatic rings. The standard InChI is InChI=1S/C14H13Cl2FN2/c1-18-14(7-9-4-5-19-8-12(9)16)10-2-3-13(17)11(15)6-10/h2-6,8,14,18H,7H2,1H3. The Kier molecular flexibility index (Phi) is 4.75. The fraction of sp³-hybridized carbons (Fsp3) is 0.214. The Morgan fingerprint density at radius 2 is 2.05 bits per heavy atom. The summed E-state index contributed by atoms with van der Waals surface area (Å²) in [5, 5.41) is 3.93. The number of rotatable bonds is 4. The number of nitrogens with one attached hydrogen (secondary N) is 1. The molecule has 2 rings (SSSR count). The van der Waals surface area contributed by atoms with Crippen LogP contribution in [0.15, 0.2) is 36.7 Å². The lowest BCUT2D eigenvalue weighted by Gasteiger charge is -2.17. The third-order valence-electron chi connectivity index (χ3n) is 2.97. The van der Waals surface area contributed by atoms with Crippen LogP contribution in [0.1, 0.15) is 17.2 Å². The molecule has 0 aliphatic heterocycles. The number of hydrogen-bond acceptors (Lipinski definition) is 2. The molecule has 1 aromatic heterocycles. The highest BCUT2D eigenvalue weighted by atomic mass is 35.5. The van der Waals surface area contributed by atoms with Gasteiger partial charge in [0, 0.05) is 18.4 Å². The molecule has 1 unspecified atom stereocenters. The second-order valence-electron chi connectivity index (χ2n) is 4.19. The van der Waals surface area contributed by atoms with Gasteiger partial charge in [-0.25, -0.2) is 4.39 Å². The minimum Gasteiger partial charge on any atom is -0.313 e. The molecular formula is C14H13Cl2FN2. The Balaban J connectivity index is 2.25. The topological polar surface area (TPSA) is 24.9 Å². The van der Waals surface area contributed by atoms with Gasteiger partial charge in [0.1, 0.15) is 5.82 Å². The Bertz CT molecular complexity index is 575. The Morgan fingerprint density at radius 3 is 2.68 bits per heavy atom. The van der Waals surface area contributed by atoms with Crippen LogP contribution in [0.2, 0.25) is 10.0 Å². The molecule has 1 N–H and O–H groups in total. The summed E-state index contributed by atoms with van der Waals surface area (Å²) < 4.78 is 13.2. The van der Waals surface area contributed by atoms with E-state index in [1.807, 2.05) is 13.1 Å². The molecule has 0 spiro atoms. The molecule has 0 aliphatic rings. The van der Waals surface area contributed by atoms with Gasteiger partial charge in [0.05, 0.1) is 10.0 Å². The normalized spacial score (nSPS) is 12.4. The average Bonchev–Trinajstić information content (AvgIpc) is 2.41. The number of halogens is 3. The molecule has 1 aromatic carbocycles. The van der Waals surface area contributed by atoms with E-state index in [2.05, 4.69) is 10.3 Å². The highest BCUT2D eigenvalue weighted by molar-refractivity contribution is 6.31. The Hall–Kier alpha value is -1.16. The molecule has 0 radical (unpaired) electrons. The molecule has 0 bridgehead atoms. The van der Waals surface area contributed by atoms with Gasteiger partial charge in [-0.1, -0.05) is 29.3 Å². The van der Waals surface area contributed by atoms with Crippen LogP contribution in [0.25, 0.3) is 0 Å². The van der Waals surface area contributed by atoms with Crippen molar-refractivity contribution in [2.75, 3.05) is 7.05 Å². The first kappa shape index (κ1) is 14.3. The van der Waals surface area contributed by atoms with Crippen LogP contribution in [-0.2, 0) is 6.42 Å². The van der Waals surface area contributed by atoms with E-state index in [4.69, 9.17) is 23.2 Å². The molecule has 5 heteroatoms. The quantitative estimate of drug-likeness (QED) is 0.922. The minimum absolute atomic E-state index is 0.0120. The van der Waals surface area contributed by atoms with Gasteiger partial charge < -0.3 is 5.32 Å². The van der Waals surface area contributed by atoms with E-state index in [-0.39, 0.29) is 11.1 Å². The first-order chi connectivity index (χ1) is 9.11. The van der Waals surface area contributed by atoms with Gasteiger partial charge in [-0.2, -0.15) is 0 Å². The summed E-state index contributed by atoms with van der Waals surface area (Å²) >= 11 is 11.9. The molecule has 0 fully saturated rings. The zero-order valence-corrected chi connectivity index (χ0v) is 11.8. The monoisotopic (exact) mass is 298 g/mol. The van der Waals surface area contributed by atoms with Crippen molar-refractivity contribution >= 4 is 23.2 Å². The average molecular weight is 299 g/mol. The third kappa shape index (κ3) is 3.44. The van der Waals surface area contributed by atoms with Crippen molar-refractivity contribution in [2.24, 2.45) is 0 Å². The SMILES string of the molecule is CNC(Cc1ccncc1Cl)c1ccc(F)c(Cl)c1. The van der Waals surface area contributed by atoms with Crippen molar-refractivity contribution in [1.82, 2.24) is 10.3 Å². The molecule has 100 valence electrons. The van der Waals surface area contributed by atoms with Crippen LogP contribution < -0.4 is 5.32 Å². The van der Waals surface area contributed by atoms with Crippen LogP contribution >= 0.6 is 23.2 Å². The van der Waals surface area contributed by atoms with E-state index in [9.17, 15) is 4.39 Å². The van der Waals surface area contributed by atoms with Crippen molar-refractivity contribution in [3.8, 4) is 0 Å². The van der Waals surface area contributed by atoms with Crippen molar-refractivity contribution in [3.63, 3.8) is 0 Å². The smallest absolute Gasteiger partial charge is 0.141 e. The van der Waals surface area contributed by atoms with E-state index in [0.29, 0.717) is 11.4 Å². The summed E-state index contributed by atoms with van der Waals surface area (Å²) in [6, 6.07) is 6.61. The van der Waals surface area contributed by atoms with Crippen molar-refractivity contribution in [1.29, 1.82) is 0 Å². The minimum atomic E-state index is -0.415. The molecule has 0 saturated heterocycles. The van der Waals surface area contributed by atoms with E-state index < -0.39 is 5.82 Å². The lowest BCUT2D eigenvalue weighted by molar-refractivity contribution is 0.586. The molecule has 1 heterocycles. The number of benzene rings is 1. The zero-order valence-electron chi connectivity index (χ0n) is 10.3. The largest absolute Gasteiger partial charge is 0.313 e. The van der Waals surface area contributed by atoms with Crippen LogP contribution in [0.5, 0.6) is 0 Å². The van der Waals surface area contributed by atoms with Gasteiger partial charge in [0.15, 0.2) is 0 Å². The molecule has 1 atom stereocenters. The first-order valence-electron chi connectivity index (χ1n) is 5.82. The van der Waals surface area contributed by atoms with Gasteiger partial charge in [0.2, 0.25) is 0 Å². The number of likely N-dealkylation sites (N-methyl/N-ethyl adjacent to an activating group) is 1. The van der Waals surface area contributed by atoms with Gasteiger partial charge in [-0.3, -0.25) is 4.98 Å². The zero-order chi connectivity index (χ0) is 13.8. The van der Waals surface area contributed by atoms with Gasteiger partial charge in [-0.15, -0.1) is 0 Å². The van der Waals surface area contributed by atoms with Gasteiger partial charge in [-0.05, 0) is 42.8 Å². The van der Waals surface area contributed by atoms with Crippen LogP contribution in [0.3, 0.4) is 0 Å². The van der Waals surface area contributed by atoms with E-state index in [1.54, 1.807) is 24.5 Å². The van der Waals surface area contributed by atoms with E-state index in [1.165, 1.54) is 6.07 Å². The van der Waals surface area contributed by atoms with Crippen LogP contribution in [0.4, 0.5) is 4.39 Å². The fourth-order valence-electron chi connectivity index (χ4n) is 1.91. The highest BCUT2D eigenvalue weighted by Gasteiger charge is 2.13. The fourth-order valence-corrected chi connectivity index (χ4v) is 2.29. The van der Waals surface area contributed by atoms with Crippen molar-refractivity contribution in [2.45, 2.75) is 12.5 Å². The first-order valence-corrected chi connectivity index (χ1v) is 6.58.